The first kappa shape index (κ1) is 13.7. The molecule has 0 aliphatic carbocycles. The molecule has 1 rings (SSSR count). The van der Waals surface area contributed by atoms with Crippen molar-refractivity contribution in [2.24, 2.45) is 0 Å². The van der Waals surface area contributed by atoms with Crippen molar-refractivity contribution in [3.8, 4) is 0 Å². The van der Waals surface area contributed by atoms with Gasteiger partial charge in [0.15, 0.2) is 5.15 Å². The molecule has 0 bridgehead atoms. The molecular formula is C10H14BrClN2O2. The zero-order chi connectivity index (χ0) is 12.0. The first-order chi connectivity index (χ1) is 7.66. The van der Waals surface area contributed by atoms with E-state index < -0.39 is 0 Å². The molecule has 1 aromatic rings. The van der Waals surface area contributed by atoms with E-state index in [-0.39, 0.29) is 17.3 Å². The maximum atomic E-state index is 11.7. The van der Waals surface area contributed by atoms with Crippen LogP contribution in [0, 0.1) is 0 Å². The zero-order valence-electron chi connectivity index (χ0n) is 8.83. The zero-order valence-corrected chi connectivity index (χ0v) is 11.2. The largest absolute Gasteiger partial charge is 0.396 e. The molecule has 16 heavy (non-hydrogen) atoms. The van der Waals surface area contributed by atoms with Crippen LogP contribution in [0.15, 0.2) is 15.6 Å². The first-order valence-electron chi connectivity index (χ1n) is 5.18. The fourth-order valence-electron chi connectivity index (χ4n) is 1.35. The van der Waals surface area contributed by atoms with Crippen LogP contribution in [-0.2, 0) is 6.54 Å². The minimum atomic E-state index is -0.151. The summed E-state index contributed by atoms with van der Waals surface area (Å²) in [5.41, 5.74) is -0.151. The van der Waals surface area contributed by atoms with Gasteiger partial charge in [0.05, 0.1) is 6.33 Å². The van der Waals surface area contributed by atoms with Crippen LogP contribution in [0.5, 0.6) is 0 Å². The second-order valence-electron chi connectivity index (χ2n) is 3.49. The second-order valence-corrected chi connectivity index (χ2v) is 4.64. The lowest BCUT2D eigenvalue weighted by atomic mass is 10.2. The van der Waals surface area contributed by atoms with Gasteiger partial charge < -0.3 is 5.11 Å². The number of hydrogen-bond donors (Lipinski definition) is 1. The average Bonchev–Trinajstić information content (AvgIpc) is 2.28. The number of hydrogen-bond acceptors (Lipinski definition) is 3. The minimum Gasteiger partial charge on any atom is -0.396 e. The highest BCUT2D eigenvalue weighted by molar-refractivity contribution is 9.10. The molecule has 6 heteroatoms. The van der Waals surface area contributed by atoms with Crippen LogP contribution < -0.4 is 5.56 Å². The van der Waals surface area contributed by atoms with Crippen LogP contribution in [0.4, 0.5) is 0 Å². The number of nitrogens with zero attached hydrogens (tertiary/aromatic N) is 2. The van der Waals surface area contributed by atoms with Gasteiger partial charge in [0.2, 0.25) is 0 Å². The van der Waals surface area contributed by atoms with E-state index >= 15 is 0 Å². The molecule has 1 heterocycles. The van der Waals surface area contributed by atoms with E-state index in [1.165, 1.54) is 10.9 Å². The lowest BCUT2D eigenvalue weighted by molar-refractivity contribution is 0.282. The average molecular weight is 310 g/mol. The van der Waals surface area contributed by atoms with Crippen molar-refractivity contribution >= 4 is 27.5 Å². The summed E-state index contributed by atoms with van der Waals surface area (Å²) in [5.74, 6) is 0. The Balaban J connectivity index is 2.49. The van der Waals surface area contributed by atoms with Gasteiger partial charge in [-0.15, -0.1) is 0 Å². The van der Waals surface area contributed by atoms with Crippen LogP contribution in [0.2, 0.25) is 5.15 Å². The van der Waals surface area contributed by atoms with Gasteiger partial charge in [-0.3, -0.25) is 9.36 Å². The Hall–Kier alpha value is -0.390. The SMILES string of the molecule is O=c1c(Br)c(Cl)ncn1CCCCCCO. The fourth-order valence-corrected chi connectivity index (χ4v) is 1.81. The first-order valence-corrected chi connectivity index (χ1v) is 6.35. The third-order valence-electron chi connectivity index (χ3n) is 2.25. The van der Waals surface area contributed by atoms with Crippen molar-refractivity contribution in [1.82, 2.24) is 9.55 Å². The molecule has 90 valence electrons. The van der Waals surface area contributed by atoms with E-state index in [1.807, 2.05) is 0 Å². The monoisotopic (exact) mass is 308 g/mol. The van der Waals surface area contributed by atoms with Crippen molar-refractivity contribution in [3.63, 3.8) is 0 Å². The summed E-state index contributed by atoms with van der Waals surface area (Å²) in [4.78, 5) is 15.6. The Morgan fingerprint density at radius 1 is 1.38 bits per heavy atom. The Labute approximate surface area is 107 Å². The van der Waals surface area contributed by atoms with Gasteiger partial charge in [-0.25, -0.2) is 4.98 Å². The number of aromatic nitrogens is 2. The molecule has 0 aliphatic rings. The third kappa shape index (κ3) is 3.88. The Morgan fingerprint density at radius 2 is 2.06 bits per heavy atom. The number of halogens is 2. The summed E-state index contributed by atoms with van der Waals surface area (Å²) >= 11 is 8.79. The van der Waals surface area contributed by atoms with Crippen LogP contribution in [-0.4, -0.2) is 21.3 Å². The molecule has 0 radical (unpaired) electrons. The van der Waals surface area contributed by atoms with Gasteiger partial charge in [0.25, 0.3) is 5.56 Å². The number of aryl methyl sites for hydroxylation is 1. The van der Waals surface area contributed by atoms with Gasteiger partial charge in [-0.1, -0.05) is 24.4 Å². The fraction of sp³-hybridized carbons (Fsp3) is 0.600. The summed E-state index contributed by atoms with van der Waals surface area (Å²) in [6.45, 7) is 0.862. The van der Waals surface area contributed by atoms with E-state index in [2.05, 4.69) is 20.9 Å². The molecule has 4 nitrogen and oxygen atoms in total. The Kier molecular flexibility index (Phi) is 6.01. The van der Waals surface area contributed by atoms with Crippen LogP contribution in [0.1, 0.15) is 25.7 Å². The van der Waals surface area contributed by atoms with E-state index in [9.17, 15) is 4.79 Å². The molecule has 0 fully saturated rings. The summed E-state index contributed by atoms with van der Waals surface area (Å²) in [7, 11) is 0. The minimum absolute atomic E-state index is 0.151. The van der Waals surface area contributed by atoms with Crippen molar-refractivity contribution in [3.05, 3.63) is 26.3 Å². The standard InChI is InChI=1S/C10H14BrClN2O2/c11-8-9(12)13-7-14(10(8)16)5-3-1-2-4-6-15/h7,15H,1-6H2. The van der Waals surface area contributed by atoms with Gasteiger partial charge in [-0.05, 0) is 28.8 Å². The van der Waals surface area contributed by atoms with Gasteiger partial charge in [0, 0.05) is 13.2 Å². The van der Waals surface area contributed by atoms with Crippen LogP contribution in [0.25, 0.3) is 0 Å². The summed E-state index contributed by atoms with van der Waals surface area (Å²) < 4.78 is 1.85. The lowest BCUT2D eigenvalue weighted by Gasteiger charge is -2.05. The van der Waals surface area contributed by atoms with E-state index in [4.69, 9.17) is 16.7 Å². The number of rotatable bonds is 6. The van der Waals surface area contributed by atoms with Crippen molar-refractivity contribution in [2.45, 2.75) is 32.2 Å². The Morgan fingerprint density at radius 3 is 2.75 bits per heavy atom. The normalized spacial score (nSPS) is 10.7. The summed E-state index contributed by atoms with van der Waals surface area (Å²) in [6, 6.07) is 0. The van der Waals surface area contributed by atoms with Gasteiger partial charge >= 0.3 is 0 Å². The molecule has 0 aromatic carbocycles. The van der Waals surface area contributed by atoms with Crippen LogP contribution in [0.3, 0.4) is 0 Å². The highest BCUT2D eigenvalue weighted by Gasteiger charge is 2.06. The van der Waals surface area contributed by atoms with Crippen molar-refractivity contribution in [2.75, 3.05) is 6.61 Å². The number of aliphatic hydroxyl groups is 1. The van der Waals surface area contributed by atoms with Gasteiger partial charge in [0.1, 0.15) is 4.47 Å². The third-order valence-corrected chi connectivity index (χ3v) is 3.48. The lowest BCUT2D eigenvalue weighted by Crippen LogP contribution is -2.21. The molecular weight excluding hydrogens is 295 g/mol. The van der Waals surface area contributed by atoms with Crippen LogP contribution >= 0.6 is 27.5 Å². The maximum absolute atomic E-state index is 11.7. The molecule has 0 amide bonds. The number of unbranched alkanes of at least 4 members (excludes halogenated alkanes) is 3. The van der Waals surface area contributed by atoms with Crippen molar-refractivity contribution in [1.29, 1.82) is 0 Å². The molecule has 1 N–H and O–H groups in total. The van der Waals surface area contributed by atoms with E-state index in [0.29, 0.717) is 11.0 Å². The van der Waals surface area contributed by atoms with Crippen molar-refractivity contribution < 1.29 is 5.11 Å². The Bertz CT molecular complexity index is 395. The number of aliphatic hydroxyl groups excluding tert-OH is 1. The predicted molar refractivity (Wildman–Crippen MR) is 66.8 cm³/mol. The maximum Gasteiger partial charge on any atom is 0.269 e. The highest BCUT2D eigenvalue weighted by Crippen LogP contribution is 2.13. The summed E-state index contributed by atoms with van der Waals surface area (Å²) in [6.07, 6.45) is 5.15. The molecule has 0 spiro atoms. The summed E-state index contributed by atoms with van der Waals surface area (Å²) in [5, 5.41) is 8.80. The topological polar surface area (TPSA) is 55.1 Å². The quantitative estimate of drug-likeness (QED) is 0.647. The highest BCUT2D eigenvalue weighted by atomic mass is 79.9. The molecule has 1 aromatic heterocycles. The smallest absolute Gasteiger partial charge is 0.269 e. The predicted octanol–water partition coefficient (Wildman–Crippen LogP) is 2.21. The van der Waals surface area contributed by atoms with Gasteiger partial charge in [-0.2, -0.15) is 0 Å². The molecule has 0 saturated heterocycles. The molecule has 0 atom stereocenters. The molecule has 0 unspecified atom stereocenters. The second kappa shape index (κ2) is 7.04. The molecule has 0 saturated carbocycles. The van der Waals surface area contributed by atoms with E-state index in [1.54, 1.807) is 0 Å². The molecule has 0 aliphatic heterocycles. The van der Waals surface area contributed by atoms with E-state index in [0.717, 1.165) is 25.7 Å².